The molecule has 1 amide bonds. The van der Waals surface area contributed by atoms with Gasteiger partial charge in [0.05, 0.1) is 0 Å². The molecule has 1 N–H and O–H groups in total. The molecule has 1 aliphatic rings. The number of aromatic nitrogens is 1. The predicted octanol–water partition coefficient (Wildman–Crippen LogP) is 1.89. The summed E-state index contributed by atoms with van der Waals surface area (Å²) in [6.45, 7) is 2.04. The number of amidine groups is 1. The van der Waals surface area contributed by atoms with E-state index in [1.54, 1.807) is 6.20 Å². The van der Waals surface area contributed by atoms with Crippen molar-refractivity contribution >= 4 is 27.7 Å². The number of hydrogen-bond acceptors (Lipinski definition) is 3. The Hall–Kier alpha value is -1.23. The summed E-state index contributed by atoms with van der Waals surface area (Å²) < 4.78 is 0.839. The summed E-state index contributed by atoms with van der Waals surface area (Å²) in [5, 5.41) is 2.76. The summed E-state index contributed by atoms with van der Waals surface area (Å²) in [4.78, 5) is 20.1. The van der Waals surface area contributed by atoms with E-state index in [1.165, 1.54) is 0 Å². The minimum atomic E-state index is -0.256. The predicted molar refractivity (Wildman–Crippen MR) is 65.3 cm³/mol. The van der Waals surface area contributed by atoms with Crippen molar-refractivity contribution in [3.63, 3.8) is 0 Å². The molecule has 4 nitrogen and oxygen atoms in total. The van der Waals surface area contributed by atoms with Crippen LogP contribution < -0.4 is 5.32 Å². The molecular formula is C11H12BrN3O. The first kappa shape index (κ1) is 11.3. The molecule has 1 unspecified atom stereocenters. The van der Waals surface area contributed by atoms with E-state index in [9.17, 15) is 4.79 Å². The molecule has 0 aromatic carbocycles. The lowest BCUT2D eigenvalue weighted by Gasteiger charge is -2.01. The zero-order valence-electron chi connectivity index (χ0n) is 8.90. The normalized spacial score (nSPS) is 19.5. The van der Waals surface area contributed by atoms with Gasteiger partial charge in [0, 0.05) is 10.7 Å². The maximum absolute atomic E-state index is 11.6. The number of amides is 1. The van der Waals surface area contributed by atoms with Gasteiger partial charge >= 0.3 is 0 Å². The van der Waals surface area contributed by atoms with Gasteiger partial charge in [0.1, 0.15) is 11.7 Å². The molecule has 0 saturated carbocycles. The largest absolute Gasteiger partial charge is 0.307 e. The highest BCUT2D eigenvalue weighted by molar-refractivity contribution is 9.10. The van der Waals surface area contributed by atoms with Gasteiger partial charge in [0.15, 0.2) is 5.84 Å². The van der Waals surface area contributed by atoms with Gasteiger partial charge in [0.25, 0.3) is 0 Å². The third-order valence-corrected chi connectivity index (χ3v) is 3.01. The molecule has 1 aromatic rings. The fourth-order valence-corrected chi connectivity index (χ4v) is 2.04. The van der Waals surface area contributed by atoms with Crippen molar-refractivity contribution in [3.05, 3.63) is 28.5 Å². The molecule has 1 atom stereocenters. The molecule has 2 rings (SSSR count). The van der Waals surface area contributed by atoms with E-state index in [2.05, 4.69) is 31.2 Å². The van der Waals surface area contributed by atoms with E-state index in [0.29, 0.717) is 11.5 Å². The third kappa shape index (κ3) is 2.14. The molecule has 0 fully saturated rings. The first-order valence-electron chi connectivity index (χ1n) is 5.22. The highest BCUT2D eigenvalue weighted by atomic mass is 79.9. The van der Waals surface area contributed by atoms with Crippen molar-refractivity contribution in [3.8, 4) is 0 Å². The van der Waals surface area contributed by atoms with Crippen LogP contribution in [0.5, 0.6) is 0 Å². The second-order valence-electron chi connectivity index (χ2n) is 3.61. The van der Waals surface area contributed by atoms with Crippen molar-refractivity contribution < 1.29 is 4.79 Å². The zero-order valence-corrected chi connectivity index (χ0v) is 10.5. The average molecular weight is 282 g/mol. The van der Waals surface area contributed by atoms with Gasteiger partial charge in [-0.2, -0.15) is 0 Å². The van der Waals surface area contributed by atoms with Crippen LogP contribution in [-0.4, -0.2) is 22.8 Å². The summed E-state index contributed by atoms with van der Waals surface area (Å²) in [6.07, 6.45) is 3.40. The van der Waals surface area contributed by atoms with E-state index in [1.807, 2.05) is 19.1 Å². The van der Waals surface area contributed by atoms with Gasteiger partial charge in [-0.05, 0) is 34.5 Å². The van der Waals surface area contributed by atoms with Gasteiger partial charge in [-0.25, -0.2) is 0 Å². The Kier molecular flexibility index (Phi) is 3.33. The number of aliphatic imine (C=N–C) groups is 1. The van der Waals surface area contributed by atoms with Crippen LogP contribution in [0.1, 0.15) is 25.5 Å². The first-order chi connectivity index (χ1) is 7.72. The SMILES string of the molecule is CCCC1N=C(c2ncccc2Br)NC1=O. The van der Waals surface area contributed by atoms with Crippen LogP contribution in [0.15, 0.2) is 27.8 Å². The number of carbonyl (C=O) groups is 1. The molecule has 1 aromatic heterocycles. The summed E-state index contributed by atoms with van der Waals surface area (Å²) in [5.74, 6) is 0.533. The van der Waals surface area contributed by atoms with Crippen LogP contribution in [0.3, 0.4) is 0 Å². The van der Waals surface area contributed by atoms with Crippen molar-refractivity contribution in [1.82, 2.24) is 10.3 Å². The minimum Gasteiger partial charge on any atom is -0.307 e. The Balaban J connectivity index is 2.27. The summed E-state index contributed by atoms with van der Waals surface area (Å²) in [6, 6.07) is 3.45. The smallest absolute Gasteiger partial charge is 0.250 e. The minimum absolute atomic E-state index is 0.0330. The topological polar surface area (TPSA) is 54.4 Å². The van der Waals surface area contributed by atoms with E-state index in [-0.39, 0.29) is 11.9 Å². The van der Waals surface area contributed by atoms with Crippen molar-refractivity contribution in [2.24, 2.45) is 4.99 Å². The first-order valence-corrected chi connectivity index (χ1v) is 6.01. The summed E-state index contributed by atoms with van der Waals surface area (Å²) >= 11 is 3.39. The molecule has 0 radical (unpaired) electrons. The zero-order chi connectivity index (χ0) is 11.5. The van der Waals surface area contributed by atoms with Gasteiger partial charge in [-0.15, -0.1) is 0 Å². The van der Waals surface area contributed by atoms with Crippen LogP contribution >= 0.6 is 15.9 Å². The van der Waals surface area contributed by atoms with E-state index in [0.717, 1.165) is 17.3 Å². The fourth-order valence-electron chi connectivity index (χ4n) is 1.60. The van der Waals surface area contributed by atoms with Crippen molar-refractivity contribution in [2.75, 3.05) is 0 Å². The third-order valence-electron chi connectivity index (χ3n) is 2.37. The molecule has 0 bridgehead atoms. The van der Waals surface area contributed by atoms with E-state index in [4.69, 9.17) is 0 Å². The Morgan fingerprint density at radius 3 is 3.06 bits per heavy atom. The molecule has 5 heteroatoms. The van der Waals surface area contributed by atoms with Crippen molar-refractivity contribution in [1.29, 1.82) is 0 Å². The molecule has 0 saturated heterocycles. The molecule has 84 valence electrons. The number of pyridine rings is 1. The summed E-state index contributed by atoms with van der Waals surface area (Å²) in [5.41, 5.74) is 0.689. The van der Waals surface area contributed by atoms with Crippen LogP contribution in [0.4, 0.5) is 0 Å². The quantitative estimate of drug-likeness (QED) is 0.920. The van der Waals surface area contributed by atoms with Crippen LogP contribution in [0, 0.1) is 0 Å². The lowest BCUT2D eigenvalue weighted by Crippen LogP contribution is -2.29. The molecule has 1 aliphatic heterocycles. The maximum Gasteiger partial charge on any atom is 0.250 e. The van der Waals surface area contributed by atoms with E-state index < -0.39 is 0 Å². The second-order valence-corrected chi connectivity index (χ2v) is 4.46. The Bertz CT molecular complexity index is 445. The van der Waals surface area contributed by atoms with Gasteiger partial charge in [0.2, 0.25) is 5.91 Å². The fraction of sp³-hybridized carbons (Fsp3) is 0.364. The number of rotatable bonds is 3. The Labute approximate surface area is 102 Å². The number of nitrogens with zero attached hydrogens (tertiary/aromatic N) is 2. The Morgan fingerprint density at radius 2 is 2.38 bits per heavy atom. The summed E-state index contributed by atoms with van der Waals surface area (Å²) in [7, 11) is 0. The van der Waals surface area contributed by atoms with Crippen LogP contribution in [0.25, 0.3) is 0 Å². The molecule has 0 aliphatic carbocycles. The van der Waals surface area contributed by atoms with E-state index >= 15 is 0 Å². The van der Waals surface area contributed by atoms with Gasteiger partial charge in [-0.3, -0.25) is 14.8 Å². The van der Waals surface area contributed by atoms with Gasteiger partial charge < -0.3 is 5.32 Å². The monoisotopic (exact) mass is 281 g/mol. The number of hydrogen-bond donors (Lipinski definition) is 1. The highest BCUT2D eigenvalue weighted by Gasteiger charge is 2.27. The maximum atomic E-state index is 11.6. The number of nitrogens with one attached hydrogen (secondary N) is 1. The molecular weight excluding hydrogens is 270 g/mol. The lowest BCUT2D eigenvalue weighted by molar-refractivity contribution is -0.120. The Morgan fingerprint density at radius 1 is 1.56 bits per heavy atom. The van der Waals surface area contributed by atoms with Crippen LogP contribution in [-0.2, 0) is 4.79 Å². The number of halogens is 1. The lowest BCUT2D eigenvalue weighted by atomic mass is 10.2. The standard InChI is InChI=1S/C11H12BrN3O/c1-2-4-8-11(16)15-10(14-8)9-7(12)5-3-6-13-9/h3,5-6,8H,2,4H2,1H3,(H,14,15,16). The van der Waals surface area contributed by atoms with Gasteiger partial charge in [-0.1, -0.05) is 13.3 Å². The average Bonchev–Trinajstić information content (AvgIpc) is 2.61. The molecule has 0 spiro atoms. The van der Waals surface area contributed by atoms with Crippen molar-refractivity contribution in [2.45, 2.75) is 25.8 Å². The van der Waals surface area contributed by atoms with Crippen LogP contribution in [0.2, 0.25) is 0 Å². The number of carbonyl (C=O) groups excluding carboxylic acids is 1. The second kappa shape index (κ2) is 4.74. The molecule has 2 heterocycles. The molecule has 16 heavy (non-hydrogen) atoms. The highest BCUT2D eigenvalue weighted by Crippen LogP contribution is 2.17.